The molecular weight excluding hydrogens is 305 g/mol. The van der Waals surface area contributed by atoms with Crippen LogP contribution in [0.3, 0.4) is 0 Å². The Kier molecular flexibility index (Phi) is 3.59. The van der Waals surface area contributed by atoms with Crippen molar-refractivity contribution < 1.29 is 4.39 Å². The molecule has 24 heavy (non-hydrogen) atoms. The van der Waals surface area contributed by atoms with Crippen molar-refractivity contribution in [3.63, 3.8) is 0 Å². The molecule has 0 amide bonds. The maximum atomic E-state index is 13.2. The van der Waals surface area contributed by atoms with E-state index < -0.39 is 0 Å². The first-order valence-electron chi connectivity index (χ1n) is 7.74. The molecule has 0 radical (unpaired) electrons. The molecule has 0 fully saturated rings. The van der Waals surface area contributed by atoms with Gasteiger partial charge in [-0.1, -0.05) is 12.1 Å². The van der Waals surface area contributed by atoms with Crippen molar-refractivity contribution in [2.75, 3.05) is 18.4 Å². The van der Waals surface area contributed by atoms with Crippen LogP contribution >= 0.6 is 0 Å². The Morgan fingerprint density at radius 3 is 2.67 bits per heavy atom. The number of para-hydroxylation sites is 2. The van der Waals surface area contributed by atoms with Crippen LogP contribution in [0.25, 0.3) is 27.9 Å². The number of hydrogen-bond acceptors (Lipinski definition) is 4. The maximum Gasteiger partial charge on any atom is 0.181 e. The summed E-state index contributed by atoms with van der Waals surface area (Å²) in [6.07, 6.45) is 1.78. The number of imidazole rings is 1. The van der Waals surface area contributed by atoms with Crippen LogP contribution in [0.5, 0.6) is 0 Å². The fourth-order valence-corrected chi connectivity index (χ4v) is 2.81. The van der Waals surface area contributed by atoms with E-state index in [1.165, 1.54) is 12.1 Å². The van der Waals surface area contributed by atoms with Crippen molar-refractivity contribution in [2.24, 2.45) is 5.73 Å². The molecule has 6 heteroatoms. The van der Waals surface area contributed by atoms with Crippen LogP contribution in [0, 0.1) is 5.82 Å². The Morgan fingerprint density at radius 1 is 1.08 bits per heavy atom. The minimum atomic E-state index is -0.260. The van der Waals surface area contributed by atoms with E-state index in [-0.39, 0.29) is 5.82 Å². The number of nitrogens with zero attached hydrogens (tertiary/aromatic N) is 3. The highest BCUT2D eigenvalue weighted by Gasteiger charge is 2.14. The van der Waals surface area contributed by atoms with Gasteiger partial charge in [-0.3, -0.25) is 4.40 Å². The first kappa shape index (κ1) is 14.6. The molecule has 0 aliphatic carbocycles. The summed E-state index contributed by atoms with van der Waals surface area (Å²) in [6.45, 7) is 1.12. The zero-order valence-corrected chi connectivity index (χ0v) is 12.9. The molecule has 0 saturated carbocycles. The van der Waals surface area contributed by atoms with Gasteiger partial charge in [0.05, 0.1) is 22.9 Å². The van der Waals surface area contributed by atoms with Gasteiger partial charge in [-0.15, -0.1) is 0 Å². The summed E-state index contributed by atoms with van der Waals surface area (Å²) in [5.41, 5.74) is 9.90. The van der Waals surface area contributed by atoms with Gasteiger partial charge in [0.2, 0.25) is 0 Å². The Labute approximate surface area is 138 Å². The van der Waals surface area contributed by atoms with Crippen LogP contribution in [0.2, 0.25) is 0 Å². The zero-order valence-electron chi connectivity index (χ0n) is 12.9. The summed E-state index contributed by atoms with van der Waals surface area (Å²) < 4.78 is 15.3. The molecule has 120 valence electrons. The largest absolute Gasteiger partial charge is 0.366 e. The number of fused-ring (bicyclic) bond motifs is 3. The molecule has 2 aromatic carbocycles. The van der Waals surface area contributed by atoms with Crippen LogP contribution in [-0.2, 0) is 0 Å². The highest BCUT2D eigenvalue weighted by atomic mass is 19.1. The van der Waals surface area contributed by atoms with Crippen molar-refractivity contribution in [1.29, 1.82) is 0 Å². The van der Waals surface area contributed by atoms with E-state index in [4.69, 9.17) is 5.73 Å². The summed E-state index contributed by atoms with van der Waals surface area (Å²) in [6, 6.07) is 14.3. The molecule has 0 unspecified atom stereocenters. The molecule has 0 aliphatic rings. The molecule has 2 aromatic heterocycles. The van der Waals surface area contributed by atoms with E-state index in [1.807, 2.05) is 28.7 Å². The Balaban J connectivity index is 2.02. The third-order valence-electron chi connectivity index (χ3n) is 3.91. The van der Waals surface area contributed by atoms with Crippen LogP contribution in [-0.4, -0.2) is 27.5 Å². The standard InChI is InChI=1S/C18H16FN5/c19-13-7-5-12(6-8-13)16-11-22-18-17(21-10-9-20)23-14-3-1-2-4-15(14)24(16)18/h1-8,11H,9-10,20H2,(H,21,23). The quantitative estimate of drug-likeness (QED) is 0.606. The second kappa shape index (κ2) is 5.90. The molecule has 0 aliphatic heterocycles. The minimum Gasteiger partial charge on any atom is -0.366 e. The molecule has 4 rings (SSSR count). The first-order chi connectivity index (χ1) is 11.8. The smallest absolute Gasteiger partial charge is 0.181 e. The second-order valence-corrected chi connectivity index (χ2v) is 5.47. The summed E-state index contributed by atoms with van der Waals surface area (Å²) >= 11 is 0. The number of halogens is 1. The lowest BCUT2D eigenvalue weighted by atomic mass is 10.1. The molecule has 3 N–H and O–H groups in total. The topological polar surface area (TPSA) is 68.2 Å². The van der Waals surface area contributed by atoms with Gasteiger partial charge in [0.15, 0.2) is 11.5 Å². The molecule has 4 aromatic rings. The first-order valence-corrected chi connectivity index (χ1v) is 7.74. The van der Waals surface area contributed by atoms with Crippen molar-refractivity contribution in [3.8, 4) is 11.3 Å². The van der Waals surface area contributed by atoms with Gasteiger partial charge >= 0.3 is 0 Å². The molecule has 0 spiro atoms. The fourth-order valence-electron chi connectivity index (χ4n) is 2.81. The van der Waals surface area contributed by atoms with Gasteiger partial charge in [0, 0.05) is 18.7 Å². The predicted molar refractivity (Wildman–Crippen MR) is 93.4 cm³/mol. The molecule has 5 nitrogen and oxygen atoms in total. The van der Waals surface area contributed by atoms with E-state index in [0.717, 1.165) is 27.9 Å². The molecule has 0 bridgehead atoms. The van der Waals surface area contributed by atoms with Gasteiger partial charge in [-0.05, 0) is 36.4 Å². The Morgan fingerprint density at radius 2 is 1.88 bits per heavy atom. The Bertz CT molecular complexity index is 1010. The van der Waals surface area contributed by atoms with Crippen LogP contribution < -0.4 is 11.1 Å². The van der Waals surface area contributed by atoms with Crippen LogP contribution in [0.1, 0.15) is 0 Å². The second-order valence-electron chi connectivity index (χ2n) is 5.47. The third-order valence-corrected chi connectivity index (χ3v) is 3.91. The maximum absolute atomic E-state index is 13.2. The lowest BCUT2D eigenvalue weighted by Gasteiger charge is -2.11. The minimum absolute atomic E-state index is 0.260. The monoisotopic (exact) mass is 321 g/mol. The van der Waals surface area contributed by atoms with Gasteiger partial charge in [-0.25, -0.2) is 14.4 Å². The number of hydrogen-bond donors (Lipinski definition) is 2. The number of aromatic nitrogens is 3. The lowest BCUT2D eigenvalue weighted by molar-refractivity contribution is 0.628. The normalized spacial score (nSPS) is 11.2. The number of benzene rings is 2. The van der Waals surface area contributed by atoms with Gasteiger partial charge < -0.3 is 11.1 Å². The average Bonchev–Trinajstić information content (AvgIpc) is 3.06. The van der Waals surface area contributed by atoms with E-state index in [9.17, 15) is 4.39 Å². The van der Waals surface area contributed by atoms with Gasteiger partial charge in [0.25, 0.3) is 0 Å². The van der Waals surface area contributed by atoms with Gasteiger partial charge in [0.1, 0.15) is 5.82 Å². The number of nitrogens with two attached hydrogens (primary N) is 1. The number of nitrogens with one attached hydrogen (secondary N) is 1. The Hall–Kier alpha value is -2.99. The fraction of sp³-hybridized carbons (Fsp3) is 0.111. The average molecular weight is 321 g/mol. The highest BCUT2D eigenvalue weighted by molar-refractivity contribution is 5.86. The van der Waals surface area contributed by atoms with Crippen LogP contribution in [0.4, 0.5) is 10.2 Å². The third kappa shape index (κ3) is 2.37. The van der Waals surface area contributed by atoms with Crippen LogP contribution in [0.15, 0.2) is 54.7 Å². The molecule has 0 saturated heterocycles. The van der Waals surface area contributed by atoms with Crippen molar-refractivity contribution in [3.05, 3.63) is 60.5 Å². The zero-order chi connectivity index (χ0) is 16.5. The van der Waals surface area contributed by atoms with E-state index in [2.05, 4.69) is 15.3 Å². The van der Waals surface area contributed by atoms with E-state index in [0.29, 0.717) is 18.9 Å². The van der Waals surface area contributed by atoms with Gasteiger partial charge in [-0.2, -0.15) is 0 Å². The molecular formula is C18H16FN5. The molecule has 0 atom stereocenters. The van der Waals surface area contributed by atoms with E-state index >= 15 is 0 Å². The van der Waals surface area contributed by atoms with E-state index in [1.54, 1.807) is 18.3 Å². The lowest BCUT2D eigenvalue weighted by Crippen LogP contribution is -2.15. The SMILES string of the molecule is NCCNc1nc2ccccc2n2c(-c3ccc(F)cc3)cnc12. The summed E-state index contributed by atoms with van der Waals surface area (Å²) in [5, 5.41) is 3.22. The highest BCUT2D eigenvalue weighted by Crippen LogP contribution is 2.28. The number of rotatable bonds is 4. The molecule has 2 heterocycles. The predicted octanol–water partition coefficient (Wildman–Crippen LogP) is 3.06. The van der Waals surface area contributed by atoms with Crippen molar-refractivity contribution in [2.45, 2.75) is 0 Å². The van der Waals surface area contributed by atoms with Crippen molar-refractivity contribution in [1.82, 2.24) is 14.4 Å². The number of anilines is 1. The van der Waals surface area contributed by atoms with Crippen molar-refractivity contribution >= 4 is 22.5 Å². The summed E-state index contributed by atoms with van der Waals surface area (Å²) in [4.78, 5) is 9.18. The summed E-state index contributed by atoms with van der Waals surface area (Å²) in [5.74, 6) is 0.428. The summed E-state index contributed by atoms with van der Waals surface area (Å²) in [7, 11) is 0.